The van der Waals surface area contributed by atoms with Gasteiger partial charge in [0.15, 0.2) is 0 Å². The van der Waals surface area contributed by atoms with Crippen LogP contribution in [0, 0.1) is 17.3 Å². The van der Waals surface area contributed by atoms with Crippen molar-refractivity contribution in [3.05, 3.63) is 0 Å². The summed E-state index contributed by atoms with van der Waals surface area (Å²) in [5.74, 6) is 0.757. The van der Waals surface area contributed by atoms with Crippen LogP contribution < -0.4 is 0 Å². The SMILES string of the molecule is COC(=O)[C@]1(C)C[C@H]2CC[C@@H](O)[C@H]2C1. The molecule has 0 aromatic carbocycles. The van der Waals surface area contributed by atoms with E-state index in [1.807, 2.05) is 6.92 Å². The average Bonchev–Trinajstić information content (AvgIpc) is 2.65. The van der Waals surface area contributed by atoms with Gasteiger partial charge in [-0.3, -0.25) is 4.79 Å². The molecule has 3 nitrogen and oxygen atoms in total. The van der Waals surface area contributed by atoms with Crippen LogP contribution in [0.25, 0.3) is 0 Å². The van der Waals surface area contributed by atoms with Crippen LogP contribution in [0.3, 0.4) is 0 Å². The molecule has 80 valence electrons. The summed E-state index contributed by atoms with van der Waals surface area (Å²) in [4.78, 5) is 11.6. The zero-order valence-electron chi connectivity index (χ0n) is 8.82. The van der Waals surface area contributed by atoms with Crippen molar-refractivity contribution in [1.29, 1.82) is 0 Å². The first-order valence-electron chi connectivity index (χ1n) is 5.33. The first-order chi connectivity index (χ1) is 6.57. The minimum Gasteiger partial charge on any atom is -0.469 e. The van der Waals surface area contributed by atoms with Gasteiger partial charge in [0, 0.05) is 0 Å². The molecule has 0 saturated heterocycles. The maximum atomic E-state index is 11.6. The van der Waals surface area contributed by atoms with Crippen LogP contribution in [0.2, 0.25) is 0 Å². The van der Waals surface area contributed by atoms with E-state index in [1.54, 1.807) is 0 Å². The monoisotopic (exact) mass is 198 g/mol. The number of hydrogen-bond acceptors (Lipinski definition) is 3. The Morgan fingerprint density at radius 1 is 1.43 bits per heavy atom. The van der Waals surface area contributed by atoms with E-state index >= 15 is 0 Å². The summed E-state index contributed by atoms with van der Waals surface area (Å²) >= 11 is 0. The van der Waals surface area contributed by atoms with Crippen molar-refractivity contribution in [2.45, 2.75) is 38.7 Å². The van der Waals surface area contributed by atoms with Crippen LogP contribution in [0.1, 0.15) is 32.6 Å². The van der Waals surface area contributed by atoms with Crippen LogP contribution >= 0.6 is 0 Å². The lowest BCUT2D eigenvalue weighted by Crippen LogP contribution is -2.27. The largest absolute Gasteiger partial charge is 0.469 e. The van der Waals surface area contributed by atoms with Gasteiger partial charge in [-0.05, 0) is 44.4 Å². The zero-order valence-corrected chi connectivity index (χ0v) is 8.82. The van der Waals surface area contributed by atoms with E-state index in [-0.39, 0.29) is 17.5 Å². The second-order valence-corrected chi connectivity index (χ2v) is 5.03. The molecule has 0 heterocycles. The summed E-state index contributed by atoms with van der Waals surface area (Å²) in [6, 6.07) is 0. The van der Waals surface area contributed by atoms with Gasteiger partial charge < -0.3 is 9.84 Å². The number of esters is 1. The summed E-state index contributed by atoms with van der Waals surface area (Å²) in [7, 11) is 1.44. The van der Waals surface area contributed by atoms with Crippen LogP contribution in [0.4, 0.5) is 0 Å². The van der Waals surface area contributed by atoms with Crippen molar-refractivity contribution in [2.75, 3.05) is 7.11 Å². The van der Waals surface area contributed by atoms with Gasteiger partial charge in [-0.15, -0.1) is 0 Å². The zero-order chi connectivity index (χ0) is 10.3. The molecule has 2 aliphatic carbocycles. The minimum atomic E-state index is -0.342. The molecule has 2 saturated carbocycles. The highest BCUT2D eigenvalue weighted by atomic mass is 16.5. The number of aliphatic hydroxyl groups excluding tert-OH is 1. The number of carbonyl (C=O) groups is 1. The van der Waals surface area contributed by atoms with E-state index in [2.05, 4.69) is 0 Å². The Balaban J connectivity index is 2.11. The summed E-state index contributed by atoms with van der Waals surface area (Å²) in [6.45, 7) is 1.96. The Bertz CT molecular complexity index is 251. The Morgan fingerprint density at radius 2 is 2.14 bits per heavy atom. The second kappa shape index (κ2) is 3.23. The first-order valence-corrected chi connectivity index (χ1v) is 5.33. The lowest BCUT2D eigenvalue weighted by molar-refractivity contribution is -0.151. The van der Waals surface area contributed by atoms with E-state index in [0.29, 0.717) is 11.8 Å². The molecule has 0 aromatic rings. The van der Waals surface area contributed by atoms with Gasteiger partial charge in [0.1, 0.15) is 0 Å². The smallest absolute Gasteiger partial charge is 0.311 e. The van der Waals surface area contributed by atoms with Gasteiger partial charge in [0.25, 0.3) is 0 Å². The van der Waals surface area contributed by atoms with Crippen LogP contribution in [-0.4, -0.2) is 24.3 Å². The molecule has 0 spiro atoms. The molecule has 0 bridgehead atoms. The van der Waals surface area contributed by atoms with Crippen molar-refractivity contribution in [3.8, 4) is 0 Å². The number of fused-ring (bicyclic) bond motifs is 1. The van der Waals surface area contributed by atoms with E-state index in [4.69, 9.17) is 4.74 Å². The number of carbonyl (C=O) groups excluding carboxylic acids is 1. The van der Waals surface area contributed by atoms with Gasteiger partial charge in [-0.2, -0.15) is 0 Å². The molecule has 1 N–H and O–H groups in total. The molecule has 0 radical (unpaired) electrons. The molecule has 4 atom stereocenters. The standard InChI is InChI=1S/C11H18O3/c1-11(10(13)14-2)5-7-3-4-9(12)8(7)6-11/h7-9,12H,3-6H2,1-2H3/t7-,8+,9-,11-/m1/s1. The van der Waals surface area contributed by atoms with Crippen molar-refractivity contribution in [3.63, 3.8) is 0 Å². The fraction of sp³-hybridized carbons (Fsp3) is 0.909. The van der Waals surface area contributed by atoms with Crippen molar-refractivity contribution in [2.24, 2.45) is 17.3 Å². The van der Waals surface area contributed by atoms with Gasteiger partial charge >= 0.3 is 5.97 Å². The van der Waals surface area contributed by atoms with Crippen molar-refractivity contribution >= 4 is 5.97 Å². The maximum absolute atomic E-state index is 11.6. The third-order valence-corrected chi connectivity index (χ3v) is 4.01. The molecular formula is C11H18O3. The first kappa shape index (κ1) is 9.97. The number of hydrogen-bond donors (Lipinski definition) is 1. The van der Waals surface area contributed by atoms with E-state index in [9.17, 15) is 9.90 Å². The van der Waals surface area contributed by atoms with E-state index in [0.717, 1.165) is 25.7 Å². The number of rotatable bonds is 1. The molecule has 0 aromatic heterocycles. The quantitative estimate of drug-likeness (QED) is 0.647. The number of ether oxygens (including phenoxy) is 1. The predicted octanol–water partition coefficient (Wildman–Crippen LogP) is 1.35. The summed E-state index contributed by atoms with van der Waals surface area (Å²) in [6.07, 6.45) is 3.48. The molecule has 0 amide bonds. The normalized spacial score (nSPS) is 46.4. The highest BCUT2D eigenvalue weighted by Gasteiger charge is 2.52. The third-order valence-electron chi connectivity index (χ3n) is 4.01. The van der Waals surface area contributed by atoms with Crippen LogP contribution in [-0.2, 0) is 9.53 Å². The Kier molecular flexibility index (Phi) is 2.30. The van der Waals surface area contributed by atoms with E-state index < -0.39 is 0 Å². The number of methoxy groups -OCH3 is 1. The van der Waals surface area contributed by atoms with Gasteiger partial charge in [-0.1, -0.05) is 0 Å². The molecule has 14 heavy (non-hydrogen) atoms. The molecule has 3 heteroatoms. The summed E-state index contributed by atoms with van der Waals surface area (Å²) in [5.41, 5.74) is -0.342. The van der Waals surface area contributed by atoms with Gasteiger partial charge in [-0.25, -0.2) is 0 Å². The Morgan fingerprint density at radius 3 is 2.71 bits per heavy atom. The highest BCUT2D eigenvalue weighted by molar-refractivity contribution is 5.76. The lowest BCUT2D eigenvalue weighted by Gasteiger charge is -2.22. The summed E-state index contributed by atoms with van der Waals surface area (Å²) in [5, 5.41) is 9.73. The summed E-state index contributed by atoms with van der Waals surface area (Å²) < 4.78 is 4.82. The second-order valence-electron chi connectivity index (χ2n) is 5.03. The third kappa shape index (κ3) is 1.34. The van der Waals surface area contributed by atoms with Crippen molar-refractivity contribution < 1.29 is 14.6 Å². The van der Waals surface area contributed by atoms with Gasteiger partial charge in [0.05, 0.1) is 18.6 Å². The van der Waals surface area contributed by atoms with Crippen LogP contribution in [0.15, 0.2) is 0 Å². The minimum absolute atomic E-state index is 0.112. The molecular weight excluding hydrogens is 180 g/mol. The molecule has 2 fully saturated rings. The van der Waals surface area contributed by atoms with Crippen molar-refractivity contribution in [1.82, 2.24) is 0 Å². The molecule has 0 aliphatic heterocycles. The van der Waals surface area contributed by atoms with E-state index in [1.165, 1.54) is 7.11 Å². The predicted molar refractivity (Wildman–Crippen MR) is 51.6 cm³/mol. The molecule has 0 unspecified atom stereocenters. The Labute approximate surface area is 84.4 Å². The molecule has 2 aliphatic rings. The highest BCUT2D eigenvalue weighted by Crippen LogP contribution is 2.53. The lowest BCUT2D eigenvalue weighted by atomic mass is 9.86. The maximum Gasteiger partial charge on any atom is 0.311 e. The fourth-order valence-electron chi connectivity index (χ4n) is 3.28. The average molecular weight is 198 g/mol. The molecule has 2 rings (SSSR count). The van der Waals surface area contributed by atoms with Crippen LogP contribution in [0.5, 0.6) is 0 Å². The fourth-order valence-corrected chi connectivity index (χ4v) is 3.28. The van der Waals surface area contributed by atoms with Gasteiger partial charge in [0.2, 0.25) is 0 Å². The Hall–Kier alpha value is -0.570. The number of aliphatic hydroxyl groups is 1. The topological polar surface area (TPSA) is 46.5 Å².